The van der Waals surface area contributed by atoms with E-state index in [1.807, 2.05) is 6.07 Å². The van der Waals surface area contributed by atoms with Crippen molar-refractivity contribution in [3.05, 3.63) is 255 Å². The smallest absolute Gasteiger partial charge is 0.136 e. The van der Waals surface area contributed by atoms with Crippen LogP contribution in [0.25, 0.3) is 105 Å². The Kier molecular flexibility index (Phi) is 9.17. The molecule has 0 aliphatic heterocycles. The highest BCUT2D eigenvalue weighted by atomic mass is 16.3. The van der Waals surface area contributed by atoms with Crippen LogP contribution in [-0.2, 0) is 0 Å². The second-order valence-electron chi connectivity index (χ2n) is 17.2. The summed E-state index contributed by atoms with van der Waals surface area (Å²) in [7, 11) is 0. The number of fused-ring (bicyclic) bond motifs is 7. The van der Waals surface area contributed by atoms with Gasteiger partial charge in [0.2, 0.25) is 0 Å². The molecule has 0 unspecified atom stereocenters. The van der Waals surface area contributed by atoms with Gasteiger partial charge < -0.3 is 13.9 Å². The first-order valence-electron chi connectivity index (χ1n) is 22.9. The second kappa shape index (κ2) is 16.0. The molecule has 67 heavy (non-hydrogen) atoms. The summed E-state index contributed by atoms with van der Waals surface area (Å²) < 4.78 is 8.98. The fourth-order valence-electron chi connectivity index (χ4n) is 10.4. The molecule has 13 rings (SSSR count). The Morgan fingerprint density at radius 1 is 0.284 bits per heavy atom. The lowest BCUT2D eigenvalue weighted by Gasteiger charge is -2.27. The fourth-order valence-corrected chi connectivity index (χ4v) is 10.4. The molecule has 0 atom stereocenters. The molecule has 0 bridgehead atoms. The predicted octanol–water partition coefficient (Wildman–Crippen LogP) is 18.0. The summed E-state index contributed by atoms with van der Waals surface area (Å²) in [6.07, 6.45) is 0. The summed E-state index contributed by atoms with van der Waals surface area (Å²) in [4.78, 5) is 2.38. The molecule has 0 aliphatic carbocycles. The molecule has 2 heterocycles. The number of aromatic nitrogens is 1. The van der Waals surface area contributed by atoms with E-state index in [4.69, 9.17) is 4.42 Å². The van der Waals surface area contributed by atoms with Crippen LogP contribution in [0.2, 0.25) is 0 Å². The molecular formula is C64H42N2O. The molecule has 0 fully saturated rings. The zero-order chi connectivity index (χ0) is 44.3. The molecule has 3 nitrogen and oxygen atoms in total. The van der Waals surface area contributed by atoms with Gasteiger partial charge in [-0.2, -0.15) is 0 Å². The molecular weight excluding hydrogens is 813 g/mol. The van der Waals surface area contributed by atoms with Crippen LogP contribution in [0.3, 0.4) is 0 Å². The van der Waals surface area contributed by atoms with E-state index in [0.29, 0.717) is 0 Å². The maximum atomic E-state index is 6.54. The Hall–Kier alpha value is -8.92. The largest absolute Gasteiger partial charge is 0.456 e. The Labute approximate surface area is 388 Å². The summed E-state index contributed by atoms with van der Waals surface area (Å²) in [6, 6.07) is 91.9. The molecule has 3 heteroatoms. The number of benzene rings is 11. The third-order valence-corrected chi connectivity index (χ3v) is 13.4. The minimum atomic E-state index is 0.866. The van der Waals surface area contributed by atoms with Gasteiger partial charge in [-0.05, 0) is 116 Å². The minimum Gasteiger partial charge on any atom is -0.456 e. The van der Waals surface area contributed by atoms with Gasteiger partial charge in [0.15, 0.2) is 0 Å². The van der Waals surface area contributed by atoms with Crippen molar-refractivity contribution in [3.8, 4) is 50.2 Å². The SMILES string of the molecule is c1ccc(-c2ccc(-c3ccc(N(c4ccccc4)c4ccc(-c5ccccc5-n5c6ccccc6c6ccccc65)c(-c5cccc6oc7ccccc7c56)c4)cc3)c3ccccc23)cc1. The number of rotatable bonds is 8. The normalized spacial score (nSPS) is 11.6. The standard InChI is InChI=1S/C64H42N2O/c1-3-18-43(19-4-1)48-40-41-49(51-23-8-7-22-50(48)51)44-34-36-46(37-35-44)65(45-20-5-2-6-21-45)47-38-39-52(58(42-47)56-28-17-33-63-64(56)57-27-12-16-32-62(57)67-63)53-24-9-13-29-59(53)66-60-30-14-10-25-54(60)55-26-11-15-31-61(55)66/h1-42H. The monoisotopic (exact) mass is 854 g/mol. The molecule has 0 saturated heterocycles. The number of hydrogen-bond acceptors (Lipinski definition) is 2. The van der Waals surface area contributed by atoms with Gasteiger partial charge in [0.05, 0.1) is 16.7 Å². The van der Waals surface area contributed by atoms with Gasteiger partial charge in [0.25, 0.3) is 0 Å². The summed E-state index contributed by atoms with van der Waals surface area (Å²) >= 11 is 0. The third kappa shape index (κ3) is 6.43. The highest BCUT2D eigenvalue weighted by molar-refractivity contribution is 6.15. The first-order chi connectivity index (χ1) is 33.3. The van der Waals surface area contributed by atoms with E-state index in [0.717, 1.165) is 66.9 Å². The van der Waals surface area contributed by atoms with E-state index in [9.17, 15) is 0 Å². The Balaban J connectivity index is 1.01. The van der Waals surface area contributed by atoms with Gasteiger partial charge in [0.1, 0.15) is 11.2 Å². The van der Waals surface area contributed by atoms with Gasteiger partial charge in [-0.3, -0.25) is 0 Å². The lowest BCUT2D eigenvalue weighted by atomic mass is 9.90. The summed E-state index contributed by atoms with van der Waals surface area (Å²) in [6.45, 7) is 0. The average molecular weight is 855 g/mol. The van der Waals surface area contributed by atoms with Crippen LogP contribution >= 0.6 is 0 Å². The molecule has 0 aliphatic rings. The number of para-hydroxylation sites is 5. The quantitative estimate of drug-likeness (QED) is 0.152. The van der Waals surface area contributed by atoms with Crippen LogP contribution in [0, 0.1) is 0 Å². The van der Waals surface area contributed by atoms with Crippen molar-refractivity contribution in [2.24, 2.45) is 0 Å². The first kappa shape index (κ1) is 38.5. The van der Waals surface area contributed by atoms with Crippen molar-refractivity contribution < 1.29 is 4.42 Å². The van der Waals surface area contributed by atoms with Crippen molar-refractivity contribution in [1.82, 2.24) is 4.57 Å². The predicted molar refractivity (Wildman–Crippen MR) is 282 cm³/mol. The summed E-state index contributed by atoms with van der Waals surface area (Å²) in [5.41, 5.74) is 17.8. The molecule has 0 radical (unpaired) electrons. The first-order valence-corrected chi connectivity index (χ1v) is 22.9. The highest BCUT2D eigenvalue weighted by Crippen LogP contribution is 2.47. The number of furan rings is 1. The van der Waals surface area contributed by atoms with Crippen molar-refractivity contribution in [1.29, 1.82) is 0 Å². The zero-order valence-corrected chi connectivity index (χ0v) is 36.6. The maximum absolute atomic E-state index is 6.54. The zero-order valence-electron chi connectivity index (χ0n) is 36.6. The highest BCUT2D eigenvalue weighted by Gasteiger charge is 2.23. The van der Waals surface area contributed by atoms with Crippen molar-refractivity contribution >= 4 is 71.6 Å². The second-order valence-corrected chi connectivity index (χ2v) is 17.2. The van der Waals surface area contributed by atoms with Crippen LogP contribution in [0.1, 0.15) is 0 Å². The van der Waals surface area contributed by atoms with Gasteiger partial charge in [-0.15, -0.1) is 0 Å². The van der Waals surface area contributed by atoms with E-state index in [-0.39, 0.29) is 0 Å². The lowest BCUT2D eigenvalue weighted by molar-refractivity contribution is 0.669. The van der Waals surface area contributed by atoms with Gasteiger partial charge in [-0.1, -0.05) is 188 Å². The van der Waals surface area contributed by atoms with E-state index in [1.165, 1.54) is 54.8 Å². The summed E-state index contributed by atoms with van der Waals surface area (Å²) in [5.74, 6) is 0. The molecule has 0 saturated carbocycles. The van der Waals surface area contributed by atoms with E-state index < -0.39 is 0 Å². The number of hydrogen-bond donors (Lipinski definition) is 0. The molecule has 0 N–H and O–H groups in total. The lowest BCUT2D eigenvalue weighted by Crippen LogP contribution is -2.10. The van der Waals surface area contributed by atoms with Crippen LogP contribution in [-0.4, -0.2) is 4.57 Å². The van der Waals surface area contributed by atoms with Gasteiger partial charge in [0, 0.05) is 44.2 Å². The number of nitrogens with zero attached hydrogens (tertiary/aromatic N) is 2. The maximum Gasteiger partial charge on any atom is 0.136 e. The van der Waals surface area contributed by atoms with E-state index in [1.54, 1.807) is 0 Å². The molecule has 2 aromatic heterocycles. The number of anilines is 3. The molecule has 11 aromatic carbocycles. The van der Waals surface area contributed by atoms with E-state index in [2.05, 4.69) is 258 Å². The van der Waals surface area contributed by atoms with Gasteiger partial charge >= 0.3 is 0 Å². The van der Waals surface area contributed by atoms with Crippen molar-refractivity contribution in [2.45, 2.75) is 0 Å². The molecule has 0 spiro atoms. The van der Waals surface area contributed by atoms with Crippen LogP contribution < -0.4 is 4.90 Å². The molecule has 13 aromatic rings. The Morgan fingerprint density at radius 2 is 0.776 bits per heavy atom. The van der Waals surface area contributed by atoms with Crippen LogP contribution in [0.5, 0.6) is 0 Å². The van der Waals surface area contributed by atoms with Crippen LogP contribution in [0.4, 0.5) is 17.1 Å². The Bertz CT molecular complexity index is 3920. The molecule has 0 amide bonds. The van der Waals surface area contributed by atoms with E-state index >= 15 is 0 Å². The fraction of sp³-hybridized carbons (Fsp3) is 0. The topological polar surface area (TPSA) is 21.3 Å². The van der Waals surface area contributed by atoms with Gasteiger partial charge in [-0.25, -0.2) is 0 Å². The molecule has 314 valence electrons. The average Bonchev–Trinajstić information content (AvgIpc) is 3.95. The third-order valence-electron chi connectivity index (χ3n) is 13.4. The summed E-state index contributed by atoms with van der Waals surface area (Å²) in [5, 5.41) is 7.15. The Morgan fingerprint density at radius 3 is 1.48 bits per heavy atom. The van der Waals surface area contributed by atoms with Crippen LogP contribution in [0.15, 0.2) is 259 Å². The minimum absolute atomic E-state index is 0.866. The van der Waals surface area contributed by atoms with Crippen molar-refractivity contribution in [3.63, 3.8) is 0 Å². The van der Waals surface area contributed by atoms with Crippen molar-refractivity contribution in [2.75, 3.05) is 4.90 Å².